The molecular formula is C24H27N5O3S. The molecule has 3 aromatic rings. The summed E-state index contributed by atoms with van der Waals surface area (Å²) in [6, 6.07) is 15.9. The molecule has 0 unspecified atom stereocenters. The van der Waals surface area contributed by atoms with Gasteiger partial charge in [-0.3, -0.25) is 9.69 Å². The minimum absolute atomic E-state index is 0.0561. The third kappa shape index (κ3) is 4.99. The number of rotatable bonds is 7. The van der Waals surface area contributed by atoms with Gasteiger partial charge in [-0.1, -0.05) is 42.1 Å². The lowest BCUT2D eigenvalue weighted by Gasteiger charge is -2.23. The van der Waals surface area contributed by atoms with Gasteiger partial charge in [-0.15, -0.1) is 10.2 Å². The lowest BCUT2D eigenvalue weighted by Crippen LogP contribution is -2.34. The van der Waals surface area contributed by atoms with Crippen molar-refractivity contribution in [1.29, 1.82) is 0 Å². The summed E-state index contributed by atoms with van der Waals surface area (Å²) in [4.78, 5) is 15.0. The molecule has 1 fully saturated rings. The van der Waals surface area contributed by atoms with Gasteiger partial charge >= 0.3 is 0 Å². The average molecular weight is 466 g/mol. The van der Waals surface area contributed by atoms with Crippen molar-refractivity contribution in [3.63, 3.8) is 0 Å². The maximum Gasteiger partial charge on any atom is 0.238 e. The third-order valence-electron chi connectivity index (χ3n) is 5.91. The fourth-order valence-electron chi connectivity index (χ4n) is 4.28. The van der Waals surface area contributed by atoms with E-state index in [9.17, 15) is 4.79 Å². The molecule has 0 bridgehead atoms. The van der Waals surface area contributed by atoms with Crippen molar-refractivity contribution in [3.8, 4) is 11.5 Å². The Balaban J connectivity index is 1.21. The van der Waals surface area contributed by atoms with Crippen LogP contribution in [0.1, 0.15) is 30.3 Å². The Kier molecular flexibility index (Phi) is 6.50. The number of benzene rings is 2. The maximum atomic E-state index is 12.8. The molecule has 1 saturated heterocycles. The number of anilines is 1. The van der Waals surface area contributed by atoms with Gasteiger partial charge in [0, 0.05) is 24.6 Å². The van der Waals surface area contributed by atoms with Gasteiger partial charge < -0.3 is 19.4 Å². The lowest BCUT2D eigenvalue weighted by atomic mass is 10.2. The Morgan fingerprint density at radius 3 is 2.79 bits per heavy atom. The second-order valence-electron chi connectivity index (χ2n) is 8.21. The van der Waals surface area contributed by atoms with E-state index in [0.717, 1.165) is 36.1 Å². The fourth-order valence-corrected chi connectivity index (χ4v) is 5.15. The van der Waals surface area contributed by atoms with Crippen molar-refractivity contribution in [3.05, 3.63) is 59.9 Å². The number of amides is 1. The van der Waals surface area contributed by atoms with E-state index in [1.54, 1.807) is 11.8 Å². The zero-order valence-electron chi connectivity index (χ0n) is 18.6. The maximum absolute atomic E-state index is 12.8. The molecule has 1 aromatic heterocycles. The molecule has 2 aromatic carbocycles. The highest BCUT2D eigenvalue weighted by molar-refractivity contribution is 7.98. The highest BCUT2D eigenvalue weighted by Crippen LogP contribution is 2.34. The first kappa shape index (κ1) is 21.8. The molecule has 5 rings (SSSR count). The Bertz CT molecular complexity index is 1120. The first-order chi connectivity index (χ1) is 16.2. The summed E-state index contributed by atoms with van der Waals surface area (Å²) in [6.45, 7) is 2.23. The van der Waals surface area contributed by atoms with Crippen LogP contribution in [-0.4, -0.2) is 51.9 Å². The SMILES string of the molecule is Cn1c(SCc2ccccc2)nnc1[C@@H]1CCCN1CC(=O)Nc1ccc2c(c1)OCCO2. The van der Waals surface area contributed by atoms with E-state index in [0.29, 0.717) is 36.9 Å². The molecule has 0 aliphatic carbocycles. The summed E-state index contributed by atoms with van der Waals surface area (Å²) < 4.78 is 13.2. The monoisotopic (exact) mass is 465 g/mol. The van der Waals surface area contributed by atoms with Crippen molar-refractivity contribution >= 4 is 23.4 Å². The van der Waals surface area contributed by atoms with Gasteiger partial charge in [0.25, 0.3) is 0 Å². The standard InChI is InChI=1S/C24H27N5O3S/c1-28-23(26-27-24(28)33-16-17-6-3-2-4-7-17)19-8-5-11-29(19)15-22(30)25-18-9-10-20-21(14-18)32-13-12-31-20/h2-4,6-7,9-10,14,19H,5,8,11-13,15-16H2,1H3,(H,25,30)/t19-/m0/s1. The van der Waals surface area contributed by atoms with E-state index in [1.807, 2.05) is 43.4 Å². The number of carbonyl (C=O) groups excluding carboxylic acids is 1. The number of likely N-dealkylation sites (tertiary alicyclic amines) is 1. The van der Waals surface area contributed by atoms with Crippen LogP contribution in [0.2, 0.25) is 0 Å². The highest BCUT2D eigenvalue weighted by atomic mass is 32.2. The molecule has 1 atom stereocenters. The van der Waals surface area contributed by atoms with Crippen molar-refractivity contribution in [1.82, 2.24) is 19.7 Å². The molecule has 1 N–H and O–H groups in total. The predicted molar refractivity (Wildman–Crippen MR) is 127 cm³/mol. The van der Waals surface area contributed by atoms with Gasteiger partial charge in [0.1, 0.15) is 13.2 Å². The zero-order chi connectivity index (χ0) is 22.6. The number of hydrogen-bond acceptors (Lipinski definition) is 7. The van der Waals surface area contributed by atoms with Crippen LogP contribution in [0.15, 0.2) is 53.7 Å². The van der Waals surface area contributed by atoms with Crippen LogP contribution in [0.5, 0.6) is 11.5 Å². The van der Waals surface area contributed by atoms with E-state index in [-0.39, 0.29) is 11.9 Å². The molecule has 172 valence electrons. The number of hydrogen-bond donors (Lipinski definition) is 1. The Labute approximate surface area is 197 Å². The van der Waals surface area contributed by atoms with E-state index in [1.165, 1.54) is 5.56 Å². The summed E-state index contributed by atoms with van der Waals surface area (Å²) in [5, 5.41) is 12.8. The largest absolute Gasteiger partial charge is 0.486 e. The summed E-state index contributed by atoms with van der Waals surface area (Å²) in [5.74, 6) is 3.08. The molecule has 9 heteroatoms. The van der Waals surface area contributed by atoms with Gasteiger partial charge in [0.15, 0.2) is 22.5 Å². The van der Waals surface area contributed by atoms with Gasteiger partial charge in [-0.2, -0.15) is 0 Å². The van der Waals surface area contributed by atoms with Crippen LogP contribution in [0.25, 0.3) is 0 Å². The zero-order valence-corrected chi connectivity index (χ0v) is 19.4. The second-order valence-corrected chi connectivity index (χ2v) is 9.15. The summed E-state index contributed by atoms with van der Waals surface area (Å²) in [7, 11) is 2.01. The van der Waals surface area contributed by atoms with Crippen LogP contribution < -0.4 is 14.8 Å². The summed E-state index contributed by atoms with van der Waals surface area (Å²) in [6.07, 6.45) is 1.99. The van der Waals surface area contributed by atoms with Crippen LogP contribution in [0.4, 0.5) is 5.69 Å². The highest BCUT2D eigenvalue weighted by Gasteiger charge is 2.31. The first-order valence-electron chi connectivity index (χ1n) is 11.2. The molecule has 2 aliphatic rings. The molecule has 0 spiro atoms. The fraction of sp³-hybridized carbons (Fsp3) is 0.375. The smallest absolute Gasteiger partial charge is 0.238 e. The number of thioether (sulfide) groups is 1. The molecule has 33 heavy (non-hydrogen) atoms. The van der Waals surface area contributed by atoms with Gasteiger partial charge in [0.05, 0.1) is 12.6 Å². The van der Waals surface area contributed by atoms with Crippen molar-refractivity contribution in [2.24, 2.45) is 7.05 Å². The summed E-state index contributed by atoms with van der Waals surface area (Å²) >= 11 is 1.68. The molecule has 3 heterocycles. The lowest BCUT2D eigenvalue weighted by molar-refractivity contribution is -0.117. The Morgan fingerprint density at radius 1 is 1.12 bits per heavy atom. The average Bonchev–Trinajstić information content (AvgIpc) is 3.44. The van der Waals surface area contributed by atoms with Crippen LogP contribution >= 0.6 is 11.8 Å². The Morgan fingerprint density at radius 2 is 1.94 bits per heavy atom. The van der Waals surface area contributed by atoms with Gasteiger partial charge in [-0.05, 0) is 37.1 Å². The minimum Gasteiger partial charge on any atom is -0.486 e. The van der Waals surface area contributed by atoms with E-state index < -0.39 is 0 Å². The Hall–Kier alpha value is -3.04. The molecule has 1 amide bonds. The molecule has 0 radical (unpaired) electrons. The van der Waals surface area contributed by atoms with Gasteiger partial charge in [-0.25, -0.2) is 0 Å². The number of nitrogens with zero attached hydrogens (tertiary/aromatic N) is 4. The normalized spacial score (nSPS) is 17.8. The number of aromatic nitrogens is 3. The van der Waals surface area contributed by atoms with Crippen molar-refractivity contribution in [2.45, 2.75) is 29.8 Å². The molecule has 0 saturated carbocycles. The van der Waals surface area contributed by atoms with E-state index in [2.05, 4.69) is 37.1 Å². The number of ether oxygens (including phenoxy) is 2. The predicted octanol–water partition coefficient (Wildman–Crippen LogP) is 3.65. The second kappa shape index (κ2) is 9.84. The number of fused-ring (bicyclic) bond motifs is 1. The van der Waals surface area contributed by atoms with Crippen molar-refractivity contribution in [2.75, 3.05) is 31.6 Å². The molecule has 2 aliphatic heterocycles. The topological polar surface area (TPSA) is 81.5 Å². The van der Waals surface area contributed by atoms with Gasteiger partial charge in [0.2, 0.25) is 5.91 Å². The first-order valence-corrected chi connectivity index (χ1v) is 12.2. The third-order valence-corrected chi connectivity index (χ3v) is 7.01. The van der Waals surface area contributed by atoms with Crippen LogP contribution in [0, 0.1) is 0 Å². The quantitative estimate of drug-likeness (QED) is 0.534. The molecular weight excluding hydrogens is 438 g/mol. The van der Waals surface area contributed by atoms with Crippen LogP contribution in [-0.2, 0) is 17.6 Å². The minimum atomic E-state index is -0.0561. The van der Waals surface area contributed by atoms with E-state index in [4.69, 9.17) is 9.47 Å². The van der Waals surface area contributed by atoms with Crippen molar-refractivity contribution < 1.29 is 14.3 Å². The number of nitrogens with one attached hydrogen (secondary N) is 1. The molecule has 8 nitrogen and oxygen atoms in total. The number of carbonyl (C=O) groups is 1. The van der Waals surface area contributed by atoms with E-state index >= 15 is 0 Å². The summed E-state index contributed by atoms with van der Waals surface area (Å²) in [5.41, 5.74) is 1.96. The van der Waals surface area contributed by atoms with Crippen LogP contribution in [0.3, 0.4) is 0 Å².